The van der Waals surface area contributed by atoms with E-state index in [9.17, 15) is 4.79 Å². The lowest BCUT2D eigenvalue weighted by Crippen LogP contribution is -2.07. The molecule has 0 N–H and O–H groups in total. The van der Waals surface area contributed by atoms with Crippen LogP contribution in [0.5, 0.6) is 0 Å². The molecule has 0 atom stereocenters. The number of carbonyl (C=O) groups excluding carboxylic acids is 1. The van der Waals surface area contributed by atoms with Crippen LogP contribution in [0.2, 0.25) is 0 Å². The zero-order valence-corrected chi connectivity index (χ0v) is 11.5. The minimum Gasteiger partial charge on any atom is -0.462 e. The van der Waals surface area contributed by atoms with E-state index in [1.807, 2.05) is 56.3 Å². The van der Waals surface area contributed by atoms with Crippen LogP contribution in [0.3, 0.4) is 0 Å². The topological polar surface area (TPSA) is 39.2 Å². The highest BCUT2D eigenvalue weighted by Crippen LogP contribution is 2.27. The number of aryl methyl sites for hydroxylation is 1. The molecule has 0 saturated carbocycles. The Balaban J connectivity index is 2.44. The molecule has 0 aliphatic carbocycles. The van der Waals surface area contributed by atoms with Gasteiger partial charge in [0.25, 0.3) is 0 Å². The molecule has 1 heterocycles. The fourth-order valence-electron chi connectivity index (χ4n) is 2.43. The highest BCUT2D eigenvalue weighted by atomic mass is 16.5. The van der Waals surface area contributed by atoms with Crippen molar-refractivity contribution in [1.29, 1.82) is 0 Å². The molecule has 100 valence electrons. The molecule has 20 heavy (non-hydrogen) atoms. The summed E-state index contributed by atoms with van der Waals surface area (Å²) in [6.45, 7) is 4.18. The van der Waals surface area contributed by atoms with Gasteiger partial charge in [-0.15, -0.1) is 0 Å². The number of hydrogen-bond acceptors (Lipinski definition) is 3. The van der Waals surface area contributed by atoms with Gasteiger partial charge in [-0.3, -0.25) is 0 Å². The van der Waals surface area contributed by atoms with Crippen LogP contribution in [-0.4, -0.2) is 17.6 Å². The van der Waals surface area contributed by atoms with Crippen LogP contribution >= 0.6 is 0 Å². The van der Waals surface area contributed by atoms with Crippen LogP contribution in [0.4, 0.5) is 0 Å². The first kappa shape index (κ1) is 12.6. The normalized spacial score (nSPS) is 10.9. The van der Waals surface area contributed by atoms with E-state index in [0.717, 1.165) is 27.4 Å². The summed E-state index contributed by atoms with van der Waals surface area (Å²) in [5.41, 5.74) is 3.33. The zero-order chi connectivity index (χ0) is 14.1. The Morgan fingerprint density at radius 1 is 1.10 bits per heavy atom. The second-order valence-corrected chi connectivity index (χ2v) is 4.75. The summed E-state index contributed by atoms with van der Waals surface area (Å²) in [5, 5.41) is 1.69. The lowest BCUT2D eigenvalue weighted by molar-refractivity contribution is 0.0531. The summed E-state index contributed by atoms with van der Waals surface area (Å²) in [7, 11) is 0. The lowest BCUT2D eigenvalue weighted by Gasteiger charge is -2.10. The van der Waals surface area contributed by atoms with Gasteiger partial charge in [0, 0.05) is 10.8 Å². The number of benzene rings is 2. The van der Waals surface area contributed by atoms with Gasteiger partial charge in [0.1, 0.15) is 0 Å². The maximum Gasteiger partial charge on any atom is 0.339 e. The molecule has 3 rings (SSSR count). The van der Waals surface area contributed by atoms with Crippen LogP contribution in [0.1, 0.15) is 22.8 Å². The fourth-order valence-corrected chi connectivity index (χ4v) is 2.43. The van der Waals surface area contributed by atoms with Crippen molar-refractivity contribution in [2.75, 3.05) is 6.61 Å². The first-order valence-electron chi connectivity index (χ1n) is 6.67. The zero-order valence-electron chi connectivity index (χ0n) is 11.5. The molecule has 0 fully saturated rings. The molecule has 0 aliphatic rings. The molecular formula is C17H15NO2. The Bertz CT molecular complexity index is 809. The van der Waals surface area contributed by atoms with Gasteiger partial charge in [-0.25, -0.2) is 9.78 Å². The molecule has 0 spiro atoms. The van der Waals surface area contributed by atoms with Crippen molar-refractivity contribution in [2.45, 2.75) is 13.8 Å². The molecule has 0 saturated heterocycles. The number of aromatic nitrogens is 1. The highest BCUT2D eigenvalue weighted by Gasteiger charge is 2.16. The van der Waals surface area contributed by atoms with Crippen molar-refractivity contribution in [3.05, 3.63) is 53.6 Å². The standard InChI is InChI=1S/C17H15NO2/c1-3-20-17(19)16-12-6-4-5-7-14(12)18-15-9-8-11(2)10-13(15)16/h4-10H,3H2,1-2H3. The Kier molecular flexibility index (Phi) is 3.11. The number of carbonyl (C=O) groups is 1. The van der Waals surface area contributed by atoms with Crippen molar-refractivity contribution in [2.24, 2.45) is 0 Å². The summed E-state index contributed by atoms with van der Waals surface area (Å²) in [6.07, 6.45) is 0. The maximum absolute atomic E-state index is 12.3. The van der Waals surface area contributed by atoms with E-state index in [0.29, 0.717) is 12.2 Å². The van der Waals surface area contributed by atoms with Gasteiger partial charge < -0.3 is 4.74 Å². The van der Waals surface area contributed by atoms with Gasteiger partial charge in [0.05, 0.1) is 23.2 Å². The van der Waals surface area contributed by atoms with E-state index < -0.39 is 0 Å². The molecule has 0 aliphatic heterocycles. The van der Waals surface area contributed by atoms with Crippen molar-refractivity contribution >= 4 is 27.8 Å². The third-order valence-corrected chi connectivity index (χ3v) is 3.32. The highest BCUT2D eigenvalue weighted by molar-refractivity contribution is 6.14. The quantitative estimate of drug-likeness (QED) is 0.521. The summed E-state index contributed by atoms with van der Waals surface area (Å²) in [5.74, 6) is -0.290. The SMILES string of the molecule is CCOC(=O)c1c2ccccc2nc2ccc(C)cc12. The molecule has 0 unspecified atom stereocenters. The van der Waals surface area contributed by atoms with Gasteiger partial charge in [-0.2, -0.15) is 0 Å². The Morgan fingerprint density at radius 3 is 2.65 bits per heavy atom. The fraction of sp³-hybridized carbons (Fsp3) is 0.176. The third kappa shape index (κ3) is 2.01. The molecule has 3 nitrogen and oxygen atoms in total. The molecule has 2 aromatic carbocycles. The van der Waals surface area contributed by atoms with Crippen LogP contribution in [0, 0.1) is 6.92 Å². The molecule has 0 radical (unpaired) electrons. The molecule has 3 heteroatoms. The minimum atomic E-state index is -0.290. The van der Waals surface area contributed by atoms with E-state index >= 15 is 0 Å². The lowest BCUT2D eigenvalue weighted by atomic mass is 10.0. The van der Waals surface area contributed by atoms with Gasteiger partial charge in [-0.1, -0.05) is 29.8 Å². The summed E-state index contributed by atoms with van der Waals surface area (Å²) in [6, 6.07) is 13.6. The van der Waals surface area contributed by atoms with Crippen molar-refractivity contribution in [1.82, 2.24) is 4.98 Å². The first-order chi connectivity index (χ1) is 9.70. The second kappa shape index (κ2) is 4.93. The second-order valence-electron chi connectivity index (χ2n) is 4.75. The monoisotopic (exact) mass is 265 g/mol. The number of pyridine rings is 1. The van der Waals surface area contributed by atoms with Crippen LogP contribution < -0.4 is 0 Å². The average molecular weight is 265 g/mol. The van der Waals surface area contributed by atoms with Gasteiger partial charge in [-0.05, 0) is 32.0 Å². The number of esters is 1. The van der Waals surface area contributed by atoms with Crippen LogP contribution in [-0.2, 0) is 4.74 Å². The number of fused-ring (bicyclic) bond motifs is 2. The molecule has 0 bridgehead atoms. The summed E-state index contributed by atoms with van der Waals surface area (Å²) >= 11 is 0. The number of ether oxygens (including phenoxy) is 1. The van der Waals surface area contributed by atoms with Gasteiger partial charge in [0.15, 0.2) is 0 Å². The maximum atomic E-state index is 12.3. The van der Waals surface area contributed by atoms with E-state index in [1.165, 1.54) is 0 Å². The molecular weight excluding hydrogens is 250 g/mol. The Hall–Kier alpha value is -2.42. The van der Waals surface area contributed by atoms with Crippen molar-refractivity contribution in [3.63, 3.8) is 0 Å². The van der Waals surface area contributed by atoms with Crippen LogP contribution in [0.25, 0.3) is 21.8 Å². The van der Waals surface area contributed by atoms with E-state index in [1.54, 1.807) is 0 Å². The number of nitrogens with zero attached hydrogens (tertiary/aromatic N) is 1. The van der Waals surface area contributed by atoms with E-state index in [4.69, 9.17) is 4.74 Å². The Morgan fingerprint density at radius 2 is 1.85 bits per heavy atom. The van der Waals surface area contributed by atoms with Crippen molar-refractivity contribution < 1.29 is 9.53 Å². The Labute approximate surface area is 117 Å². The van der Waals surface area contributed by atoms with Gasteiger partial charge in [0.2, 0.25) is 0 Å². The van der Waals surface area contributed by atoms with E-state index in [2.05, 4.69) is 4.98 Å². The predicted molar refractivity (Wildman–Crippen MR) is 79.9 cm³/mol. The summed E-state index contributed by atoms with van der Waals surface area (Å²) in [4.78, 5) is 16.9. The first-order valence-corrected chi connectivity index (χ1v) is 6.67. The summed E-state index contributed by atoms with van der Waals surface area (Å²) < 4.78 is 5.22. The number of rotatable bonds is 2. The third-order valence-electron chi connectivity index (χ3n) is 3.32. The molecule has 3 aromatic rings. The van der Waals surface area contributed by atoms with E-state index in [-0.39, 0.29) is 5.97 Å². The molecule has 0 amide bonds. The smallest absolute Gasteiger partial charge is 0.339 e. The molecule has 1 aromatic heterocycles. The van der Waals surface area contributed by atoms with Crippen LogP contribution in [0.15, 0.2) is 42.5 Å². The largest absolute Gasteiger partial charge is 0.462 e. The predicted octanol–water partition coefficient (Wildman–Crippen LogP) is 3.87. The minimum absolute atomic E-state index is 0.290. The van der Waals surface area contributed by atoms with Crippen molar-refractivity contribution in [3.8, 4) is 0 Å². The number of para-hydroxylation sites is 1. The number of hydrogen-bond donors (Lipinski definition) is 0. The average Bonchev–Trinajstić information content (AvgIpc) is 2.45. The van der Waals surface area contributed by atoms with Gasteiger partial charge >= 0.3 is 5.97 Å².